The van der Waals surface area contributed by atoms with Crippen molar-refractivity contribution in [3.8, 4) is 0 Å². The van der Waals surface area contributed by atoms with E-state index in [4.69, 9.17) is 11.6 Å². The fourth-order valence-electron chi connectivity index (χ4n) is 5.29. The van der Waals surface area contributed by atoms with Crippen LogP contribution in [0.3, 0.4) is 0 Å². The number of imide groups is 1. The molecule has 2 N–H and O–H groups in total. The minimum atomic E-state index is -1.49. The Hall–Kier alpha value is -2.77. The number of likely N-dealkylation sites (tertiary alicyclic amines) is 1. The molecule has 0 aliphatic carbocycles. The van der Waals surface area contributed by atoms with Gasteiger partial charge in [0.05, 0.1) is 18.4 Å². The third kappa shape index (κ3) is 2.69. The number of carbonyl (C=O) groups excluding carboxylic acids is 3. The summed E-state index contributed by atoms with van der Waals surface area (Å²) in [6.45, 7) is 3.89. The summed E-state index contributed by atoms with van der Waals surface area (Å²) >= 11 is 6.26. The van der Waals surface area contributed by atoms with E-state index >= 15 is 0 Å². The molecular weight excluding hydrogens is 421 g/mol. The summed E-state index contributed by atoms with van der Waals surface area (Å²) in [6.07, 6.45) is 0. The Kier molecular flexibility index (Phi) is 4.46. The van der Waals surface area contributed by atoms with Gasteiger partial charge in [0.2, 0.25) is 17.7 Å². The molecule has 1 spiro atoms. The Morgan fingerprint density at radius 3 is 2.58 bits per heavy atom. The van der Waals surface area contributed by atoms with Crippen molar-refractivity contribution in [3.63, 3.8) is 0 Å². The van der Waals surface area contributed by atoms with Gasteiger partial charge in [-0.2, -0.15) is 0 Å². The molecule has 2 fully saturated rings. The standard InChI is InChI=1S/C23H21ClFN3O3/c1-11(2)19-17-18(21(30)28(20(17)29)10-12-5-3-4-6-15(12)24)23(27-19)14-9-13(25)7-8-16(14)26-22(23)31/h3-9,11,17-19,27H,10H2,1-2H3,(H,26,31). The molecule has 4 atom stereocenters. The highest BCUT2D eigenvalue weighted by atomic mass is 35.5. The fourth-order valence-corrected chi connectivity index (χ4v) is 5.49. The van der Waals surface area contributed by atoms with Gasteiger partial charge in [-0.3, -0.25) is 24.6 Å². The molecule has 8 heteroatoms. The zero-order chi connectivity index (χ0) is 22.1. The molecule has 3 aliphatic heterocycles. The zero-order valence-corrected chi connectivity index (χ0v) is 17.7. The molecule has 0 radical (unpaired) electrons. The highest BCUT2D eigenvalue weighted by Crippen LogP contribution is 2.54. The topological polar surface area (TPSA) is 78.5 Å². The minimum Gasteiger partial charge on any atom is -0.324 e. The van der Waals surface area contributed by atoms with Gasteiger partial charge in [-0.25, -0.2) is 4.39 Å². The molecule has 2 saturated heterocycles. The van der Waals surface area contributed by atoms with Gasteiger partial charge in [-0.15, -0.1) is 0 Å². The molecule has 0 aromatic heterocycles. The first-order chi connectivity index (χ1) is 14.8. The molecule has 6 nitrogen and oxygen atoms in total. The van der Waals surface area contributed by atoms with Gasteiger partial charge in [0.1, 0.15) is 11.4 Å². The van der Waals surface area contributed by atoms with Gasteiger partial charge in [0.15, 0.2) is 0 Å². The SMILES string of the molecule is CC(C)C1NC2(C(=O)Nc3ccc(F)cc32)C2C(=O)N(Cc3ccccc3Cl)C(=O)C12. The van der Waals surface area contributed by atoms with Crippen molar-refractivity contribution in [2.24, 2.45) is 17.8 Å². The Balaban J connectivity index is 1.63. The molecule has 2 aromatic rings. The van der Waals surface area contributed by atoms with Crippen LogP contribution >= 0.6 is 11.6 Å². The number of fused-ring (bicyclic) bond motifs is 4. The number of benzene rings is 2. The van der Waals surface area contributed by atoms with E-state index in [0.29, 0.717) is 21.8 Å². The lowest BCUT2D eigenvalue weighted by molar-refractivity contribution is -0.143. The zero-order valence-electron chi connectivity index (χ0n) is 17.0. The number of hydrogen-bond acceptors (Lipinski definition) is 4. The molecule has 3 amide bonds. The maximum atomic E-state index is 14.2. The molecule has 0 bridgehead atoms. The predicted molar refractivity (Wildman–Crippen MR) is 112 cm³/mol. The highest BCUT2D eigenvalue weighted by Gasteiger charge is 2.70. The lowest BCUT2D eigenvalue weighted by Gasteiger charge is -2.30. The third-order valence-electron chi connectivity index (χ3n) is 6.71. The highest BCUT2D eigenvalue weighted by molar-refractivity contribution is 6.31. The first-order valence-corrected chi connectivity index (χ1v) is 10.6. The number of anilines is 1. The van der Waals surface area contributed by atoms with E-state index in [1.165, 1.54) is 23.1 Å². The Labute approximate surface area is 183 Å². The van der Waals surface area contributed by atoms with Crippen LogP contribution in [0, 0.1) is 23.6 Å². The van der Waals surface area contributed by atoms with E-state index < -0.39 is 41.0 Å². The Morgan fingerprint density at radius 1 is 1.13 bits per heavy atom. The number of halogens is 2. The van der Waals surface area contributed by atoms with Crippen LogP contribution in [0.4, 0.5) is 10.1 Å². The maximum absolute atomic E-state index is 14.2. The third-order valence-corrected chi connectivity index (χ3v) is 7.08. The molecule has 31 heavy (non-hydrogen) atoms. The molecule has 4 unspecified atom stereocenters. The normalized spacial score (nSPS) is 29.1. The fraction of sp³-hybridized carbons (Fsp3) is 0.348. The number of amides is 3. The van der Waals surface area contributed by atoms with Gasteiger partial charge < -0.3 is 5.32 Å². The number of rotatable bonds is 3. The van der Waals surface area contributed by atoms with Crippen LogP contribution in [0.15, 0.2) is 42.5 Å². The van der Waals surface area contributed by atoms with E-state index in [2.05, 4.69) is 10.6 Å². The quantitative estimate of drug-likeness (QED) is 0.717. The van der Waals surface area contributed by atoms with Crippen molar-refractivity contribution in [1.29, 1.82) is 0 Å². The van der Waals surface area contributed by atoms with Crippen molar-refractivity contribution >= 4 is 35.0 Å². The molecule has 5 rings (SSSR count). The lowest BCUT2D eigenvalue weighted by Crippen LogP contribution is -2.53. The van der Waals surface area contributed by atoms with Crippen molar-refractivity contribution in [3.05, 3.63) is 64.4 Å². The number of carbonyl (C=O) groups is 3. The monoisotopic (exact) mass is 441 g/mol. The summed E-state index contributed by atoms with van der Waals surface area (Å²) in [5.41, 5.74) is -0.0153. The van der Waals surface area contributed by atoms with Crippen LogP contribution < -0.4 is 10.6 Å². The van der Waals surface area contributed by atoms with Crippen LogP contribution in [0.1, 0.15) is 25.0 Å². The smallest absolute Gasteiger partial charge is 0.250 e. The average molecular weight is 442 g/mol. The van der Waals surface area contributed by atoms with E-state index in [0.717, 1.165) is 0 Å². The second-order valence-electron chi connectivity index (χ2n) is 8.72. The summed E-state index contributed by atoms with van der Waals surface area (Å²) in [6, 6.07) is 10.6. The van der Waals surface area contributed by atoms with E-state index in [1.54, 1.807) is 24.3 Å². The Morgan fingerprint density at radius 2 is 1.87 bits per heavy atom. The van der Waals surface area contributed by atoms with Crippen LogP contribution in [-0.2, 0) is 26.5 Å². The molecule has 160 valence electrons. The first kappa shape index (κ1) is 20.2. The van der Waals surface area contributed by atoms with Gasteiger partial charge in [-0.05, 0) is 35.7 Å². The summed E-state index contributed by atoms with van der Waals surface area (Å²) < 4.78 is 14.2. The van der Waals surface area contributed by atoms with Gasteiger partial charge in [-0.1, -0.05) is 43.6 Å². The number of hydrogen-bond donors (Lipinski definition) is 2. The van der Waals surface area contributed by atoms with E-state index in [1.807, 2.05) is 13.8 Å². The summed E-state index contributed by atoms with van der Waals surface area (Å²) in [5, 5.41) is 6.51. The average Bonchev–Trinajstić information content (AvgIpc) is 3.31. The molecule has 0 saturated carbocycles. The number of nitrogens with one attached hydrogen (secondary N) is 2. The molecule has 3 heterocycles. The minimum absolute atomic E-state index is 0.0306. The maximum Gasteiger partial charge on any atom is 0.250 e. The summed E-state index contributed by atoms with van der Waals surface area (Å²) in [5.74, 6) is -3.45. The number of nitrogens with zero attached hydrogens (tertiary/aromatic N) is 1. The second kappa shape index (κ2) is 6.87. The van der Waals surface area contributed by atoms with Crippen LogP contribution in [0.5, 0.6) is 0 Å². The van der Waals surface area contributed by atoms with Crippen molar-refractivity contribution < 1.29 is 18.8 Å². The van der Waals surface area contributed by atoms with Crippen LogP contribution in [-0.4, -0.2) is 28.7 Å². The molecule has 3 aliphatic rings. The van der Waals surface area contributed by atoms with Gasteiger partial charge in [0, 0.05) is 22.3 Å². The van der Waals surface area contributed by atoms with Crippen molar-refractivity contribution in [1.82, 2.24) is 10.2 Å². The largest absolute Gasteiger partial charge is 0.324 e. The summed E-state index contributed by atoms with van der Waals surface area (Å²) in [7, 11) is 0. The van der Waals surface area contributed by atoms with Crippen molar-refractivity contribution in [2.45, 2.75) is 32.0 Å². The van der Waals surface area contributed by atoms with E-state index in [-0.39, 0.29) is 18.4 Å². The van der Waals surface area contributed by atoms with Crippen LogP contribution in [0.2, 0.25) is 5.02 Å². The Bertz CT molecular complexity index is 1140. The second-order valence-corrected chi connectivity index (χ2v) is 9.13. The lowest BCUT2D eigenvalue weighted by atomic mass is 9.76. The molecular formula is C23H21ClFN3O3. The van der Waals surface area contributed by atoms with E-state index in [9.17, 15) is 18.8 Å². The van der Waals surface area contributed by atoms with Gasteiger partial charge in [0.25, 0.3) is 0 Å². The predicted octanol–water partition coefficient (Wildman–Crippen LogP) is 3.06. The molecule has 2 aromatic carbocycles. The first-order valence-electron chi connectivity index (χ1n) is 10.2. The van der Waals surface area contributed by atoms with Crippen molar-refractivity contribution in [2.75, 3.05) is 5.32 Å². The van der Waals surface area contributed by atoms with Crippen LogP contribution in [0.25, 0.3) is 0 Å². The van der Waals surface area contributed by atoms with Gasteiger partial charge >= 0.3 is 0 Å². The summed E-state index contributed by atoms with van der Waals surface area (Å²) in [4.78, 5) is 41.5.